The van der Waals surface area contributed by atoms with Gasteiger partial charge in [-0.2, -0.15) is 0 Å². The molecule has 0 aromatic heterocycles. The molecule has 0 radical (unpaired) electrons. The van der Waals surface area contributed by atoms with Crippen molar-refractivity contribution in [1.82, 2.24) is 0 Å². The number of carbonyl (C=O) groups excluding carboxylic acids is 1. The van der Waals surface area contributed by atoms with Crippen LogP contribution in [0.25, 0.3) is 0 Å². The summed E-state index contributed by atoms with van der Waals surface area (Å²) in [5.74, 6) is -0.438. The zero-order valence-electron chi connectivity index (χ0n) is 10.3. The Bertz CT molecular complexity index is 401. The molecule has 3 nitrogen and oxygen atoms in total. The van der Waals surface area contributed by atoms with Crippen molar-refractivity contribution >= 4 is 28.6 Å². The number of halogens is 1. The third-order valence-electron chi connectivity index (χ3n) is 2.54. The third-order valence-corrected chi connectivity index (χ3v) is 3.21. The highest BCUT2D eigenvalue weighted by molar-refractivity contribution is 14.1. The molecule has 4 heteroatoms. The van der Waals surface area contributed by atoms with Crippen LogP contribution < -0.4 is 0 Å². The van der Waals surface area contributed by atoms with Gasteiger partial charge < -0.3 is 9.84 Å². The average molecular weight is 360 g/mol. The van der Waals surface area contributed by atoms with Crippen molar-refractivity contribution in [3.63, 3.8) is 0 Å². The first-order valence-corrected chi connectivity index (χ1v) is 7.13. The zero-order chi connectivity index (χ0) is 13.4. The summed E-state index contributed by atoms with van der Waals surface area (Å²) in [5.41, 5.74) is 1.47. The van der Waals surface area contributed by atoms with Crippen molar-refractivity contribution in [2.75, 3.05) is 6.61 Å². The predicted octanol–water partition coefficient (Wildman–Crippen LogP) is 2.86. The summed E-state index contributed by atoms with van der Waals surface area (Å²) in [6.07, 6.45) is 0.466. The van der Waals surface area contributed by atoms with Gasteiger partial charge >= 0.3 is 5.97 Å². The van der Waals surface area contributed by atoms with Crippen molar-refractivity contribution in [2.24, 2.45) is 0 Å². The molecule has 0 aliphatic heterocycles. The molecule has 1 aromatic carbocycles. The Labute approximate surface area is 121 Å². The Balaban J connectivity index is 2.53. The summed E-state index contributed by atoms with van der Waals surface area (Å²) in [5, 5.41) is 9.99. The Morgan fingerprint density at radius 2 is 2.11 bits per heavy atom. The van der Waals surface area contributed by atoms with E-state index < -0.39 is 12.1 Å². The molecule has 18 heavy (non-hydrogen) atoms. The molecule has 1 rings (SSSR count). The van der Waals surface area contributed by atoms with Crippen LogP contribution in [0.2, 0.25) is 0 Å². The van der Waals surface area contributed by atoms with Crippen molar-refractivity contribution < 1.29 is 14.6 Å². The number of hydrogen-bond donors (Lipinski definition) is 1. The highest BCUT2D eigenvalue weighted by atomic mass is 127. The van der Waals surface area contributed by atoms with E-state index in [4.69, 9.17) is 4.74 Å². The number of hydrogen-bond acceptors (Lipinski definition) is 3. The average Bonchev–Trinajstić information content (AvgIpc) is 2.39. The van der Waals surface area contributed by atoms with Gasteiger partial charge in [0, 0.05) is 0 Å². The molecular weight excluding hydrogens is 343 g/mol. The lowest BCUT2D eigenvalue weighted by Crippen LogP contribution is -2.20. The second-order valence-electron chi connectivity index (χ2n) is 3.82. The fraction of sp³-hybridized carbons (Fsp3) is 0.357. The quantitative estimate of drug-likeness (QED) is 0.482. The van der Waals surface area contributed by atoms with Crippen molar-refractivity contribution in [3.05, 3.63) is 45.6 Å². The first-order chi connectivity index (χ1) is 8.69. The second-order valence-corrected chi connectivity index (χ2v) is 4.45. The van der Waals surface area contributed by atoms with Crippen molar-refractivity contribution in [1.29, 1.82) is 0 Å². The van der Waals surface area contributed by atoms with Crippen molar-refractivity contribution in [3.8, 4) is 0 Å². The van der Waals surface area contributed by atoms with Crippen LogP contribution in [-0.2, 0) is 16.0 Å². The van der Waals surface area contributed by atoms with Gasteiger partial charge in [0.15, 0.2) is 0 Å². The normalized spacial score (nSPS) is 13.2. The Morgan fingerprint density at radius 3 is 2.67 bits per heavy atom. The number of aliphatic hydroxyl groups excluding tert-OH is 1. The van der Waals surface area contributed by atoms with Crippen LogP contribution in [0.1, 0.15) is 18.9 Å². The van der Waals surface area contributed by atoms with Crippen LogP contribution in [0.3, 0.4) is 0 Å². The summed E-state index contributed by atoms with van der Waals surface area (Å²) >= 11 is 1.95. The van der Waals surface area contributed by atoms with E-state index in [1.165, 1.54) is 0 Å². The van der Waals surface area contributed by atoms with Crippen LogP contribution in [-0.4, -0.2) is 23.8 Å². The number of ether oxygens (including phenoxy) is 1. The Hall–Kier alpha value is -0.880. The minimum Gasteiger partial charge on any atom is -0.463 e. The van der Waals surface area contributed by atoms with E-state index in [2.05, 4.69) is 0 Å². The largest absolute Gasteiger partial charge is 0.463 e. The molecule has 0 spiro atoms. The number of aliphatic hydroxyl groups is 1. The smallest absolute Gasteiger partial charge is 0.337 e. The molecule has 1 unspecified atom stereocenters. The molecule has 0 bridgehead atoms. The summed E-state index contributed by atoms with van der Waals surface area (Å²) < 4.78 is 6.48. The van der Waals surface area contributed by atoms with Crippen LogP contribution in [0, 0.1) is 0 Å². The van der Waals surface area contributed by atoms with E-state index in [1.807, 2.05) is 52.9 Å². The Morgan fingerprint density at radius 1 is 1.44 bits per heavy atom. The van der Waals surface area contributed by atoms with Crippen LogP contribution in [0.4, 0.5) is 0 Å². The van der Waals surface area contributed by atoms with E-state index in [-0.39, 0.29) is 0 Å². The molecule has 1 N–H and O–H groups in total. The number of carbonyl (C=O) groups is 1. The van der Waals surface area contributed by atoms with E-state index >= 15 is 0 Å². The van der Waals surface area contributed by atoms with Gasteiger partial charge in [0.1, 0.15) is 0 Å². The molecule has 0 saturated heterocycles. The number of rotatable bonds is 6. The van der Waals surface area contributed by atoms with Crippen molar-refractivity contribution in [2.45, 2.75) is 25.9 Å². The summed E-state index contributed by atoms with van der Waals surface area (Å²) in [6.45, 7) is 2.07. The molecule has 0 amide bonds. The molecular formula is C14H17IO3. The molecule has 1 aromatic rings. The Kier molecular flexibility index (Phi) is 6.97. The minimum atomic E-state index is -0.777. The lowest BCUT2D eigenvalue weighted by Gasteiger charge is -2.13. The molecule has 98 valence electrons. The fourth-order valence-corrected chi connectivity index (χ4v) is 2.24. The van der Waals surface area contributed by atoms with E-state index in [1.54, 1.807) is 11.0 Å². The van der Waals surface area contributed by atoms with Gasteiger partial charge in [-0.25, -0.2) is 4.79 Å². The monoisotopic (exact) mass is 360 g/mol. The fourth-order valence-electron chi connectivity index (χ4n) is 1.57. The third kappa shape index (κ3) is 4.78. The van der Waals surface area contributed by atoms with Gasteiger partial charge in [0.05, 0.1) is 18.3 Å². The van der Waals surface area contributed by atoms with E-state index in [9.17, 15) is 9.90 Å². The second kappa shape index (κ2) is 8.26. The van der Waals surface area contributed by atoms with Crippen LogP contribution >= 0.6 is 22.6 Å². The lowest BCUT2D eigenvalue weighted by atomic mass is 10.0. The highest BCUT2D eigenvalue weighted by Crippen LogP contribution is 2.14. The lowest BCUT2D eigenvalue weighted by molar-refractivity contribution is -0.139. The molecule has 0 aliphatic carbocycles. The van der Waals surface area contributed by atoms with Gasteiger partial charge in [-0.3, -0.25) is 0 Å². The first kappa shape index (κ1) is 15.2. The molecule has 0 heterocycles. The maximum absolute atomic E-state index is 11.6. The van der Waals surface area contributed by atoms with Crippen LogP contribution in [0.15, 0.2) is 40.0 Å². The summed E-state index contributed by atoms with van der Waals surface area (Å²) in [7, 11) is 0. The molecule has 1 atom stereocenters. The van der Waals surface area contributed by atoms with E-state index in [0.717, 1.165) is 12.0 Å². The summed E-state index contributed by atoms with van der Waals surface area (Å²) in [4.78, 5) is 11.6. The minimum absolute atomic E-state index is 0.318. The van der Waals surface area contributed by atoms with E-state index in [0.29, 0.717) is 18.6 Å². The van der Waals surface area contributed by atoms with Gasteiger partial charge in [-0.15, -0.1) is 0 Å². The van der Waals surface area contributed by atoms with Gasteiger partial charge in [-0.1, -0.05) is 52.9 Å². The molecule has 0 saturated carbocycles. The number of esters is 1. The predicted molar refractivity (Wildman–Crippen MR) is 79.5 cm³/mol. The molecule has 0 fully saturated rings. The number of aryl methyl sites for hydroxylation is 1. The van der Waals surface area contributed by atoms with Gasteiger partial charge in [-0.05, 0) is 29.4 Å². The number of benzene rings is 1. The zero-order valence-corrected chi connectivity index (χ0v) is 12.5. The highest BCUT2D eigenvalue weighted by Gasteiger charge is 2.19. The van der Waals surface area contributed by atoms with Gasteiger partial charge in [0.2, 0.25) is 0 Å². The SMILES string of the molecule is CCOC(=O)/C(=C\I)C(O)CCc1ccccc1. The summed E-state index contributed by atoms with van der Waals surface area (Å²) in [6, 6.07) is 9.88. The first-order valence-electron chi connectivity index (χ1n) is 5.88. The maximum atomic E-state index is 11.6. The standard InChI is InChI=1S/C14H17IO3/c1-2-18-14(17)12(10-15)13(16)9-8-11-6-4-3-5-7-11/h3-7,10,13,16H,2,8-9H2,1H3/b12-10-. The van der Waals surface area contributed by atoms with Crippen LogP contribution in [0.5, 0.6) is 0 Å². The maximum Gasteiger partial charge on any atom is 0.337 e. The van der Waals surface area contributed by atoms with Gasteiger partial charge in [0.25, 0.3) is 0 Å². The topological polar surface area (TPSA) is 46.5 Å². The molecule has 0 aliphatic rings.